The van der Waals surface area contributed by atoms with Crippen LogP contribution in [0, 0.1) is 0 Å². The number of halogens is 1. The van der Waals surface area contributed by atoms with Gasteiger partial charge in [0.25, 0.3) is 0 Å². The third-order valence-electron chi connectivity index (χ3n) is 3.39. The highest BCUT2D eigenvalue weighted by Crippen LogP contribution is 2.35. The number of para-hydroxylation sites is 1. The Bertz CT molecular complexity index is 646. The average molecular weight is 305 g/mol. The van der Waals surface area contributed by atoms with Crippen LogP contribution in [0.3, 0.4) is 0 Å². The molecule has 0 bridgehead atoms. The summed E-state index contributed by atoms with van der Waals surface area (Å²) in [5.74, 6) is 1.51. The Labute approximate surface area is 129 Å². The predicted octanol–water partition coefficient (Wildman–Crippen LogP) is 3.66. The molecular formula is C16H17ClN2O2. The van der Waals surface area contributed by atoms with Gasteiger partial charge in [-0.25, -0.2) is 9.97 Å². The summed E-state index contributed by atoms with van der Waals surface area (Å²) in [5, 5.41) is 0.420. The molecule has 0 spiro atoms. The zero-order valence-electron chi connectivity index (χ0n) is 11.9. The van der Waals surface area contributed by atoms with Gasteiger partial charge in [-0.1, -0.05) is 23.7 Å². The minimum atomic E-state index is 0.361. The van der Waals surface area contributed by atoms with Crippen LogP contribution in [0.25, 0.3) is 11.3 Å². The molecule has 1 aliphatic heterocycles. The van der Waals surface area contributed by atoms with E-state index in [0.29, 0.717) is 24.2 Å². The minimum Gasteiger partial charge on any atom is -0.493 e. The smallest absolute Gasteiger partial charge is 0.156 e. The Morgan fingerprint density at radius 3 is 3.10 bits per heavy atom. The standard InChI is InChI=1S/C16H17ClN2O2/c1-2-20-10-15-18-13(9-14(17)19-15)12-7-3-5-11-6-4-8-21-16(11)12/h3,5,7,9H,2,4,6,8,10H2,1H3. The molecule has 0 radical (unpaired) electrons. The fourth-order valence-corrected chi connectivity index (χ4v) is 2.65. The molecular weight excluding hydrogens is 288 g/mol. The summed E-state index contributed by atoms with van der Waals surface area (Å²) >= 11 is 6.11. The van der Waals surface area contributed by atoms with Crippen molar-refractivity contribution >= 4 is 11.6 Å². The number of aryl methyl sites for hydroxylation is 1. The van der Waals surface area contributed by atoms with Gasteiger partial charge >= 0.3 is 0 Å². The molecule has 4 nitrogen and oxygen atoms in total. The van der Waals surface area contributed by atoms with Crippen LogP contribution in [0.15, 0.2) is 24.3 Å². The molecule has 110 valence electrons. The Kier molecular flexibility index (Phi) is 4.36. The SMILES string of the molecule is CCOCc1nc(Cl)cc(-c2cccc3c2OCCC3)n1. The van der Waals surface area contributed by atoms with E-state index in [4.69, 9.17) is 21.1 Å². The molecule has 0 aliphatic carbocycles. The molecule has 1 aromatic carbocycles. The number of benzene rings is 1. The molecule has 5 heteroatoms. The Morgan fingerprint density at radius 1 is 1.33 bits per heavy atom. The quantitative estimate of drug-likeness (QED) is 0.809. The lowest BCUT2D eigenvalue weighted by Crippen LogP contribution is -2.10. The Balaban J connectivity index is 2.02. The first-order chi connectivity index (χ1) is 10.3. The minimum absolute atomic E-state index is 0.361. The summed E-state index contributed by atoms with van der Waals surface area (Å²) in [6, 6.07) is 7.90. The van der Waals surface area contributed by atoms with Crippen LogP contribution in [0.2, 0.25) is 5.15 Å². The largest absolute Gasteiger partial charge is 0.493 e. The maximum absolute atomic E-state index is 6.11. The summed E-state index contributed by atoms with van der Waals surface area (Å²) in [5.41, 5.74) is 2.97. The van der Waals surface area contributed by atoms with E-state index in [1.54, 1.807) is 6.07 Å². The van der Waals surface area contributed by atoms with E-state index in [9.17, 15) is 0 Å². The molecule has 0 N–H and O–H groups in total. The maximum Gasteiger partial charge on any atom is 0.156 e. The summed E-state index contributed by atoms with van der Waals surface area (Å²) < 4.78 is 11.2. The second-order valence-electron chi connectivity index (χ2n) is 4.88. The molecule has 0 atom stereocenters. The van der Waals surface area contributed by atoms with Crippen molar-refractivity contribution in [2.45, 2.75) is 26.4 Å². The Hall–Kier alpha value is -1.65. The van der Waals surface area contributed by atoms with Crippen LogP contribution in [0.1, 0.15) is 24.7 Å². The van der Waals surface area contributed by atoms with Gasteiger partial charge in [-0.05, 0) is 31.4 Å². The van der Waals surface area contributed by atoms with Gasteiger partial charge in [-0.3, -0.25) is 0 Å². The number of hydrogen-bond donors (Lipinski definition) is 0. The van der Waals surface area contributed by atoms with Crippen molar-refractivity contribution < 1.29 is 9.47 Å². The molecule has 2 heterocycles. The van der Waals surface area contributed by atoms with Crippen LogP contribution in [0.5, 0.6) is 5.75 Å². The molecule has 3 rings (SSSR count). The molecule has 2 aromatic rings. The molecule has 1 aromatic heterocycles. The van der Waals surface area contributed by atoms with Crippen molar-refractivity contribution in [3.63, 3.8) is 0 Å². The highest BCUT2D eigenvalue weighted by atomic mass is 35.5. The summed E-state index contributed by atoms with van der Waals surface area (Å²) in [6.45, 7) is 3.66. The van der Waals surface area contributed by atoms with Crippen LogP contribution >= 0.6 is 11.6 Å². The van der Waals surface area contributed by atoms with Crippen molar-refractivity contribution in [3.05, 3.63) is 40.8 Å². The number of rotatable bonds is 4. The van der Waals surface area contributed by atoms with E-state index >= 15 is 0 Å². The number of fused-ring (bicyclic) bond motifs is 1. The number of hydrogen-bond acceptors (Lipinski definition) is 4. The number of ether oxygens (including phenoxy) is 2. The Morgan fingerprint density at radius 2 is 2.24 bits per heavy atom. The molecule has 21 heavy (non-hydrogen) atoms. The fourth-order valence-electron chi connectivity index (χ4n) is 2.45. The van der Waals surface area contributed by atoms with Gasteiger partial charge < -0.3 is 9.47 Å². The first kappa shape index (κ1) is 14.3. The molecule has 0 amide bonds. The van der Waals surface area contributed by atoms with Crippen LogP contribution in [0.4, 0.5) is 0 Å². The van der Waals surface area contributed by atoms with Crippen LogP contribution in [-0.4, -0.2) is 23.2 Å². The van der Waals surface area contributed by atoms with Gasteiger partial charge in [-0.2, -0.15) is 0 Å². The average Bonchev–Trinajstić information content (AvgIpc) is 2.52. The zero-order valence-corrected chi connectivity index (χ0v) is 12.7. The second-order valence-corrected chi connectivity index (χ2v) is 5.26. The van der Waals surface area contributed by atoms with Crippen molar-refractivity contribution in [2.24, 2.45) is 0 Å². The first-order valence-corrected chi connectivity index (χ1v) is 7.52. The predicted molar refractivity (Wildman–Crippen MR) is 81.6 cm³/mol. The fraction of sp³-hybridized carbons (Fsp3) is 0.375. The molecule has 0 saturated carbocycles. The van der Waals surface area contributed by atoms with Crippen molar-refractivity contribution in [3.8, 4) is 17.0 Å². The molecule has 0 saturated heterocycles. The van der Waals surface area contributed by atoms with E-state index < -0.39 is 0 Å². The normalized spacial score (nSPS) is 13.6. The van der Waals surface area contributed by atoms with Gasteiger partial charge in [0, 0.05) is 18.2 Å². The highest BCUT2D eigenvalue weighted by Gasteiger charge is 2.17. The van der Waals surface area contributed by atoms with E-state index in [0.717, 1.165) is 36.5 Å². The molecule has 1 aliphatic rings. The monoisotopic (exact) mass is 304 g/mol. The van der Waals surface area contributed by atoms with Crippen molar-refractivity contribution in [1.29, 1.82) is 0 Å². The van der Waals surface area contributed by atoms with Crippen molar-refractivity contribution in [2.75, 3.05) is 13.2 Å². The van der Waals surface area contributed by atoms with Gasteiger partial charge in [0.05, 0.1) is 12.3 Å². The van der Waals surface area contributed by atoms with Crippen molar-refractivity contribution in [1.82, 2.24) is 9.97 Å². The van der Waals surface area contributed by atoms with Gasteiger partial charge in [0.2, 0.25) is 0 Å². The lowest BCUT2D eigenvalue weighted by Gasteiger charge is -2.20. The van der Waals surface area contributed by atoms with E-state index in [2.05, 4.69) is 16.0 Å². The highest BCUT2D eigenvalue weighted by molar-refractivity contribution is 6.29. The second kappa shape index (κ2) is 6.41. The lowest BCUT2D eigenvalue weighted by molar-refractivity contribution is 0.128. The first-order valence-electron chi connectivity index (χ1n) is 7.14. The summed E-state index contributed by atoms with van der Waals surface area (Å²) in [6.07, 6.45) is 2.09. The zero-order chi connectivity index (χ0) is 14.7. The lowest BCUT2D eigenvalue weighted by atomic mass is 10.0. The topological polar surface area (TPSA) is 44.2 Å². The van der Waals surface area contributed by atoms with Gasteiger partial charge in [0.1, 0.15) is 17.5 Å². The summed E-state index contributed by atoms with van der Waals surface area (Å²) in [7, 11) is 0. The molecule has 0 fully saturated rings. The summed E-state index contributed by atoms with van der Waals surface area (Å²) in [4.78, 5) is 8.75. The van der Waals surface area contributed by atoms with Gasteiger partial charge in [-0.15, -0.1) is 0 Å². The van der Waals surface area contributed by atoms with E-state index in [1.165, 1.54) is 5.56 Å². The number of nitrogens with zero attached hydrogens (tertiary/aromatic N) is 2. The third kappa shape index (κ3) is 3.17. The van der Waals surface area contributed by atoms with Crippen LogP contribution < -0.4 is 4.74 Å². The third-order valence-corrected chi connectivity index (χ3v) is 3.58. The molecule has 0 unspecified atom stereocenters. The van der Waals surface area contributed by atoms with Crippen LogP contribution in [-0.2, 0) is 17.8 Å². The van der Waals surface area contributed by atoms with Gasteiger partial charge in [0.15, 0.2) is 5.82 Å². The van der Waals surface area contributed by atoms with E-state index in [-0.39, 0.29) is 0 Å². The number of aromatic nitrogens is 2. The maximum atomic E-state index is 6.11. The van der Waals surface area contributed by atoms with E-state index in [1.807, 2.05) is 19.1 Å².